The molecule has 3 aromatic carbocycles. The fourth-order valence-electron chi connectivity index (χ4n) is 5.75. The second-order valence-electron chi connectivity index (χ2n) is 11.3. The van der Waals surface area contributed by atoms with Crippen LogP contribution in [0.2, 0.25) is 0 Å². The molecule has 0 spiro atoms. The summed E-state index contributed by atoms with van der Waals surface area (Å²) in [5, 5.41) is 14.8. The number of nitrogens with zero attached hydrogens (tertiary/aromatic N) is 3. The van der Waals surface area contributed by atoms with E-state index in [-0.39, 0.29) is 34.6 Å². The zero-order chi connectivity index (χ0) is 32.8. The fraction of sp³-hybridized carbons (Fsp3) is 0.417. The molecule has 1 heterocycles. The molecule has 47 heavy (non-hydrogen) atoms. The first-order valence-electron chi connectivity index (χ1n) is 16.2. The molecule has 256 valence electrons. The molecule has 0 unspecified atom stereocenters. The van der Waals surface area contributed by atoms with Gasteiger partial charge in [0, 0.05) is 28.6 Å². The molecule has 0 aliphatic carbocycles. The van der Waals surface area contributed by atoms with Crippen molar-refractivity contribution in [2.24, 2.45) is 4.99 Å². The van der Waals surface area contributed by atoms with Crippen LogP contribution in [-0.2, 0) is 46.2 Å². The molecule has 0 radical (unpaired) electrons. The Kier molecular flexibility index (Phi) is 16.0. The number of amides is 1. The molecule has 1 saturated heterocycles. The van der Waals surface area contributed by atoms with Gasteiger partial charge in [0.1, 0.15) is 6.04 Å². The Morgan fingerprint density at radius 2 is 1.57 bits per heavy atom. The average Bonchev–Trinajstić information content (AvgIpc) is 3.52. The van der Waals surface area contributed by atoms with Crippen molar-refractivity contribution in [3.63, 3.8) is 0 Å². The zero-order valence-electron chi connectivity index (χ0n) is 27.1. The van der Waals surface area contributed by atoms with Crippen molar-refractivity contribution in [3.8, 4) is 0 Å². The molecular formula is C36H45N3NiO6P-. The van der Waals surface area contributed by atoms with Gasteiger partial charge in [0.05, 0.1) is 37.0 Å². The van der Waals surface area contributed by atoms with E-state index in [4.69, 9.17) is 14.0 Å². The third kappa shape index (κ3) is 11.5. The Bertz CT molecular complexity index is 1480. The second-order valence-corrected chi connectivity index (χ2v) is 13.5. The zero-order valence-corrected chi connectivity index (χ0v) is 29.0. The number of unbranched alkanes of at least 4 members (excludes halogenated alkanes) is 2. The Labute approximate surface area is 288 Å². The number of aliphatic carboxylic acids is 1. The van der Waals surface area contributed by atoms with Crippen LogP contribution in [0.15, 0.2) is 89.9 Å². The minimum Gasteiger partial charge on any atom is -0.625 e. The van der Waals surface area contributed by atoms with E-state index < -0.39 is 19.6 Å². The number of carbonyl (C=O) groups is 2. The van der Waals surface area contributed by atoms with Crippen LogP contribution in [0.1, 0.15) is 69.1 Å². The number of hydrogen-bond donors (Lipinski definition) is 1. The number of hydrogen-bond acceptors (Lipinski definition) is 7. The first-order chi connectivity index (χ1) is 22.3. The SMILES string of the molecule is CCOP(=O)(CCCCC[C@@H](N=C(c1ccccc1)c1ccccc1[N-]C(=O)[C@H]1CCCN1Cc1ccccc1)C(=O)O)OCC.[Ni]. The molecule has 4 rings (SSSR count). The molecule has 1 aliphatic heterocycles. The number of carboxylic acid groups (broad SMARTS) is 1. The van der Waals surface area contributed by atoms with Crippen LogP contribution >= 0.6 is 7.60 Å². The number of aliphatic imine (C=N–C) groups is 1. The van der Waals surface area contributed by atoms with E-state index in [9.17, 15) is 19.3 Å². The van der Waals surface area contributed by atoms with Gasteiger partial charge in [-0.25, -0.2) is 4.79 Å². The number of benzene rings is 3. The van der Waals surface area contributed by atoms with Gasteiger partial charge in [-0.15, -0.1) is 5.69 Å². The van der Waals surface area contributed by atoms with Gasteiger partial charge in [-0.05, 0) is 57.2 Å². The minimum absolute atomic E-state index is 0. The number of likely N-dealkylation sites (tertiary alicyclic amines) is 1. The van der Waals surface area contributed by atoms with Crippen LogP contribution in [0.4, 0.5) is 5.69 Å². The largest absolute Gasteiger partial charge is 0.625 e. The summed E-state index contributed by atoms with van der Waals surface area (Å²) in [5.74, 6) is -1.24. The molecule has 1 fully saturated rings. The van der Waals surface area contributed by atoms with Crippen molar-refractivity contribution in [1.29, 1.82) is 0 Å². The van der Waals surface area contributed by atoms with E-state index in [0.717, 1.165) is 30.5 Å². The van der Waals surface area contributed by atoms with E-state index in [1.165, 1.54) is 0 Å². The van der Waals surface area contributed by atoms with Crippen molar-refractivity contribution in [1.82, 2.24) is 4.90 Å². The average molecular weight is 705 g/mol. The van der Waals surface area contributed by atoms with Gasteiger partial charge in [0.2, 0.25) is 0 Å². The first-order valence-corrected chi connectivity index (χ1v) is 17.9. The molecule has 9 nitrogen and oxygen atoms in total. The van der Waals surface area contributed by atoms with Crippen LogP contribution in [0.3, 0.4) is 0 Å². The molecule has 1 N–H and O–H groups in total. The summed E-state index contributed by atoms with van der Waals surface area (Å²) in [6, 6.07) is 25.5. The second kappa shape index (κ2) is 19.6. The third-order valence-corrected chi connectivity index (χ3v) is 10.1. The topological polar surface area (TPSA) is 120 Å². The maximum Gasteiger partial charge on any atom is 0.330 e. The molecule has 1 aliphatic rings. The summed E-state index contributed by atoms with van der Waals surface area (Å²) in [7, 11) is -3.14. The van der Waals surface area contributed by atoms with Crippen LogP contribution in [0.25, 0.3) is 5.32 Å². The van der Waals surface area contributed by atoms with Gasteiger partial charge in [0.25, 0.3) is 0 Å². The van der Waals surface area contributed by atoms with Crippen molar-refractivity contribution < 1.29 is 44.8 Å². The number of rotatable bonds is 18. The Hall–Kier alpha value is -3.13. The molecule has 11 heteroatoms. The standard InChI is InChI=1S/C36H46N3O6P.Ni/c1-3-44-46(43,45-4-2)26-15-7-12-23-32(36(41)42)37-34(29-19-10-6-11-20-29)30-21-13-14-22-31(30)38-35(40)33-24-16-25-39(33)27-28-17-8-5-9-18-28;/h5-6,8-11,13-14,17-22,32-33H,3-4,7,12,15-16,23-27H2,1-2H3,(H2,37,38,40,41,42);/p-1/t32-,33-;/m1./s1. The third-order valence-electron chi connectivity index (χ3n) is 7.95. The Morgan fingerprint density at radius 1 is 0.936 bits per heavy atom. The monoisotopic (exact) mass is 704 g/mol. The number of carboxylic acids is 1. The maximum atomic E-state index is 13.6. The summed E-state index contributed by atoms with van der Waals surface area (Å²) in [6.45, 7) is 5.68. The molecule has 0 aromatic heterocycles. The minimum atomic E-state index is -3.14. The van der Waals surface area contributed by atoms with Gasteiger partial charge in [-0.2, -0.15) is 0 Å². The first kappa shape index (κ1) is 38.3. The van der Waals surface area contributed by atoms with Crippen molar-refractivity contribution >= 4 is 30.9 Å². The van der Waals surface area contributed by atoms with Gasteiger partial charge in [0.15, 0.2) is 0 Å². The van der Waals surface area contributed by atoms with E-state index in [0.29, 0.717) is 62.4 Å². The predicted octanol–water partition coefficient (Wildman–Crippen LogP) is 8.00. The van der Waals surface area contributed by atoms with Crippen molar-refractivity contribution in [2.45, 2.75) is 71.0 Å². The Balaban J connectivity index is 0.00000600. The maximum absolute atomic E-state index is 13.6. The van der Waals surface area contributed by atoms with Gasteiger partial charge < -0.3 is 24.3 Å². The smallest absolute Gasteiger partial charge is 0.330 e. The Morgan fingerprint density at radius 3 is 2.23 bits per heavy atom. The molecular weight excluding hydrogens is 660 g/mol. The molecule has 3 aromatic rings. The molecule has 2 atom stereocenters. The van der Waals surface area contributed by atoms with Gasteiger partial charge >= 0.3 is 13.6 Å². The summed E-state index contributed by atoms with van der Waals surface area (Å²) < 4.78 is 23.5. The van der Waals surface area contributed by atoms with Crippen LogP contribution < -0.4 is 0 Å². The van der Waals surface area contributed by atoms with E-state index in [1.807, 2.05) is 66.7 Å². The van der Waals surface area contributed by atoms with E-state index in [2.05, 4.69) is 22.3 Å². The molecule has 1 amide bonds. The summed E-state index contributed by atoms with van der Waals surface area (Å²) in [5.41, 5.74) is 3.44. The summed E-state index contributed by atoms with van der Waals surface area (Å²) in [6.07, 6.45) is 4.07. The number of carbonyl (C=O) groups excluding carboxylic acids is 1. The quantitative estimate of drug-likeness (QED) is 0.0617. The van der Waals surface area contributed by atoms with Gasteiger partial charge in [-0.1, -0.05) is 97.8 Å². The summed E-state index contributed by atoms with van der Waals surface area (Å²) in [4.78, 5) is 33.0. The van der Waals surface area contributed by atoms with Crippen molar-refractivity contribution in [2.75, 3.05) is 25.9 Å². The van der Waals surface area contributed by atoms with Crippen LogP contribution in [-0.4, -0.2) is 65.6 Å². The molecule has 0 bridgehead atoms. The summed E-state index contributed by atoms with van der Waals surface area (Å²) >= 11 is 0. The normalized spacial score (nSPS) is 16.0. The van der Waals surface area contributed by atoms with Crippen LogP contribution in [0.5, 0.6) is 0 Å². The van der Waals surface area contributed by atoms with E-state index >= 15 is 0 Å². The van der Waals surface area contributed by atoms with Crippen LogP contribution in [0, 0.1) is 0 Å². The van der Waals surface area contributed by atoms with Crippen molar-refractivity contribution in [3.05, 3.63) is 107 Å². The molecule has 0 saturated carbocycles. The van der Waals surface area contributed by atoms with E-state index in [1.54, 1.807) is 19.9 Å². The predicted molar refractivity (Wildman–Crippen MR) is 182 cm³/mol. The number of para-hydroxylation sites is 1. The fourth-order valence-corrected chi connectivity index (χ4v) is 7.48. The van der Waals surface area contributed by atoms with Gasteiger partial charge in [-0.3, -0.25) is 14.5 Å².